The summed E-state index contributed by atoms with van der Waals surface area (Å²) in [5, 5.41) is 37.0. The van der Waals surface area contributed by atoms with Crippen molar-refractivity contribution in [2.75, 3.05) is 0 Å². The molecule has 0 spiro atoms. The summed E-state index contributed by atoms with van der Waals surface area (Å²) in [6.45, 7) is 0. The molecule has 0 aliphatic carbocycles. The first-order chi connectivity index (χ1) is 8.90. The van der Waals surface area contributed by atoms with E-state index in [1.807, 2.05) is 0 Å². The standard InChI is InChI=1S/C12H11NO6/c14-9(10(15)12(18)19)6-2-1-5-3-8(11(16)17)13-7(5)4-6/h1-4,9-10,13-15H,(H,16,17)(H,18,19). The number of aliphatic hydroxyl groups is 2. The number of carboxylic acids is 2. The number of H-pyrrole nitrogens is 1. The number of aromatic carboxylic acids is 1. The molecule has 0 fully saturated rings. The lowest BCUT2D eigenvalue weighted by Gasteiger charge is -2.14. The monoisotopic (exact) mass is 265 g/mol. The van der Waals surface area contributed by atoms with Crippen molar-refractivity contribution in [2.45, 2.75) is 12.2 Å². The van der Waals surface area contributed by atoms with Crippen molar-refractivity contribution in [3.05, 3.63) is 35.5 Å². The molecule has 1 aromatic carbocycles. The molecule has 19 heavy (non-hydrogen) atoms. The zero-order valence-corrected chi connectivity index (χ0v) is 9.57. The van der Waals surface area contributed by atoms with E-state index in [0.29, 0.717) is 10.9 Å². The van der Waals surface area contributed by atoms with Crippen LogP contribution in [0.15, 0.2) is 24.3 Å². The third-order valence-corrected chi connectivity index (χ3v) is 2.77. The van der Waals surface area contributed by atoms with Gasteiger partial charge in [-0.1, -0.05) is 12.1 Å². The van der Waals surface area contributed by atoms with Crippen molar-refractivity contribution in [1.82, 2.24) is 4.98 Å². The molecule has 0 aliphatic heterocycles. The number of hydrogen-bond acceptors (Lipinski definition) is 4. The highest BCUT2D eigenvalue weighted by atomic mass is 16.4. The number of aromatic amines is 1. The number of hydrogen-bond donors (Lipinski definition) is 5. The van der Waals surface area contributed by atoms with E-state index in [-0.39, 0.29) is 11.3 Å². The maximum Gasteiger partial charge on any atom is 0.352 e. The van der Waals surface area contributed by atoms with Gasteiger partial charge in [-0.15, -0.1) is 0 Å². The molecule has 2 unspecified atom stereocenters. The second-order valence-corrected chi connectivity index (χ2v) is 4.06. The summed E-state index contributed by atoms with van der Waals surface area (Å²) >= 11 is 0. The summed E-state index contributed by atoms with van der Waals surface area (Å²) in [7, 11) is 0. The van der Waals surface area contributed by atoms with E-state index in [4.69, 9.17) is 10.2 Å². The molecule has 0 radical (unpaired) electrons. The maximum atomic E-state index is 10.8. The molecule has 100 valence electrons. The third kappa shape index (κ3) is 2.42. The number of rotatable bonds is 4. The summed E-state index contributed by atoms with van der Waals surface area (Å²) in [6.07, 6.45) is -3.52. The number of benzene rings is 1. The van der Waals surface area contributed by atoms with E-state index >= 15 is 0 Å². The second-order valence-electron chi connectivity index (χ2n) is 4.06. The summed E-state index contributed by atoms with van der Waals surface area (Å²) in [5.41, 5.74) is 0.605. The molecule has 0 aliphatic rings. The molecular weight excluding hydrogens is 254 g/mol. The van der Waals surface area contributed by atoms with Gasteiger partial charge < -0.3 is 25.4 Å². The Bertz CT molecular complexity index is 647. The van der Waals surface area contributed by atoms with Gasteiger partial charge in [-0.3, -0.25) is 0 Å². The Kier molecular flexibility index (Phi) is 3.24. The Balaban J connectivity index is 2.41. The third-order valence-electron chi connectivity index (χ3n) is 2.77. The number of fused-ring (bicyclic) bond motifs is 1. The van der Waals surface area contributed by atoms with E-state index in [1.54, 1.807) is 0 Å². The van der Waals surface area contributed by atoms with E-state index in [9.17, 15) is 19.8 Å². The van der Waals surface area contributed by atoms with Crippen molar-refractivity contribution in [1.29, 1.82) is 0 Å². The van der Waals surface area contributed by atoms with Gasteiger partial charge in [0.15, 0.2) is 6.10 Å². The van der Waals surface area contributed by atoms with Crippen molar-refractivity contribution in [3.63, 3.8) is 0 Å². The van der Waals surface area contributed by atoms with Gasteiger partial charge in [0.2, 0.25) is 0 Å². The predicted molar refractivity (Wildman–Crippen MR) is 63.9 cm³/mol. The smallest absolute Gasteiger partial charge is 0.352 e. The molecule has 5 N–H and O–H groups in total. The van der Waals surface area contributed by atoms with Crippen molar-refractivity contribution < 1.29 is 30.0 Å². The molecule has 7 heteroatoms. The average molecular weight is 265 g/mol. The van der Waals surface area contributed by atoms with Crippen LogP contribution in [0.25, 0.3) is 10.9 Å². The number of carboxylic acid groups (broad SMARTS) is 2. The summed E-state index contributed by atoms with van der Waals surface area (Å²) in [4.78, 5) is 24.0. The minimum absolute atomic E-state index is 0.0135. The lowest BCUT2D eigenvalue weighted by atomic mass is 10.0. The topological polar surface area (TPSA) is 131 Å². The number of aliphatic carboxylic acids is 1. The summed E-state index contributed by atoms with van der Waals surface area (Å²) in [5.74, 6) is -2.66. The Morgan fingerprint density at radius 1 is 1.11 bits per heavy atom. The molecule has 2 atom stereocenters. The Hall–Kier alpha value is -2.38. The molecule has 0 saturated carbocycles. The minimum atomic E-state index is -1.94. The van der Waals surface area contributed by atoms with Gasteiger partial charge in [0.05, 0.1) is 0 Å². The molecule has 2 aromatic rings. The van der Waals surface area contributed by atoms with Gasteiger partial charge in [0.25, 0.3) is 0 Å². The Morgan fingerprint density at radius 2 is 1.79 bits per heavy atom. The molecule has 1 heterocycles. The quantitative estimate of drug-likeness (QED) is 0.542. The summed E-state index contributed by atoms with van der Waals surface area (Å²) < 4.78 is 0. The number of aromatic nitrogens is 1. The second kappa shape index (κ2) is 4.71. The number of aliphatic hydroxyl groups excluding tert-OH is 2. The Labute approximate surface area is 106 Å². The normalized spacial score (nSPS) is 14.2. The molecule has 7 nitrogen and oxygen atoms in total. The van der Waals surface area contributed by atoms with Crippen molar-refractivity contribution in [2.24, 2.45) is 0 Å². The van der Waals surface area contributed by atoms with Crippen LogP contribution in [0.3, 0.4) is 0 Å². The van der Waals surface area contributed by atoms with Gasteiger partial charge in [0, 0.05) is 10.9 Å². The number of nitrogens with one attached hydrogen (secondary N) is 1. The van der Waals surface area contributed by atoms with Gasteiger partial charge in [-0.25, -0.2) is 9.59 Å². The van der Waals surface area contributed by atoms with Crippen LogP contribution in [0.1, 0.15) is 22.2 Å². The highest BCUT2D eigenvalue weighted by molar-refractivity contribution is 5.93. The van der Waals surface area contributed by atoms with Crippen LogP contribution in [-0.2, 0) is 4.79 Å². The van der Waals surface area contributed by atoms with E-state index in [2.05, 4.69) is 4.98 Å². The van der Waals surface area contributed by atoms with Gasteiger partial charge in [-0.2, -0.15) is 0 Å². The fourth-order valence-corrected chi connectivity index (χ4v) is 1.76. The fraction of sp³-hybridized carbons (Fsp3) is 0.167. The van der Waals surface area contributed by atoms with Gasteiger partial charge >= 0.3 is 11.9 Å². The van der Waals surface area contributed by atoms with E-state index in [1.165, 1.54) is 24.3 Å². The molecule has 0 saturated heterocycles. The van der Waals surface area contributed by atoms with Crippen LogP contribution in [-0.4, -0.2) is 43.5 Å². The SMILES string of the molecule is O=C(O)c1cc2ccc(C(O)C(O)C(=O)O)cc2[nH]1. The zero-order valence-electron chi connectivity index (χ0n) is 9.57. The van der Waals surface area contributed by atoms with Crippen LogP contribution in [0.5, 0.6) is 0 Å². The highest BCUT2D eigenvalue weighted by Crippen LogP contribution is 2.23. The van der Waals surface area contributed by atoms with Gasteiger partial charge in [0.1, 0.15) is 11.8 Å². The number of carbonyl (C=O) groups is 2. The van der Waals surface area contributed by atoms with E-state index in [0.717, 1.165) is 0 Å². The first-order valence-electron chi connectivity index (χ1n) is 5.35. The lowest BCUT2D eigenvalue weighted by molar-refractivity contribution is -0.153. The maximum absolute atomic E-state index is 10.8. The van der Waals surface area contributed by atoms with Crippen LogP contribution in [0.2, 0.25) is 0 Å². The molecular formula is C12H11NO6. The molecule has 1 aromatic heterocycles. The first kappa shape index (κ1) is 13.1. The highest BCUT2D eigenvalue weighted by Gasteiger charge is 2.25. The molecule has 2 rings (SSSR count). The van der Waals surface area contributed by atoms with Crippen LogP contribution < -0.4 is 0 Å². The van der Waals surface area contributed by atoms with Crippen molar-refractivity contribution in [3.8, 4) is 0 Å². The van der Waals surface area contributed by atoms with Gasteiger partial charge in [-0.05, 0) is 17.7 Å². The molecule has 0 bridgehead atoms. The average Bonchev–Trinajstić information content (AvgIpc) is 2.79. The van der Waals surface area contributed by atoms with Crippen LogP contribution in [0.4, 0.5) is 0 Å². The zero-order chi connectivity index (χ0) is 14.2. The fourth-order valence-electron chi connectivity index (χ4n) is 1.76. The summed E-state index contributed by atoms with van der Waals surface area (Å²) in [6, 6.07) is 5.78. The van der Waals surface area contributed by atoms with Crippen LogP contribution >= 0.6 is 0 Å². The molecule has 0 amide bonds. The lowest BCUT2D eigenvalue weighted by Crippen LogP contribution is -2.27. The largest absolute Gasteiger partial charge is 0.479 e. The predicted octanol–water partition coefficient (Wildman–Crippen LogP) is 0.345. The van der Waals surface area contributed by atoms with Crippen molar-refractivity contribution >= 4 is 22.8 Å². The Morgan fingerprint density at radius 3 is 2.37 bits per heavy atom. The first-order valence-corrected chi connectivity index (χ1v) is 5.35. The van der Waals surface area contributed by atoms with Crippen LogP contribution in [0, 0.1) is 0 Å². The minimum Gasteiger partial charge on any atom is -0.479 e. The van der Waals surface area contributed by atoms with E-state index < -0.39 is 24.1 Å².